The normalized spacial score (nSPS) is 24.6. The highest BCUT2D eigenvalue weighted by molar-refractivity contribution is 7.54. The molecular weight excluding hydrogens is 375 g/mol. The van der Waals surface area contributed by atoms with Crippen LogP contribution < -0.4 is 0 Å². The summed E-state index contributed by atoms with van der Waals surface area (Å²) in [5.74, 6) is 0.0418. The average molecular weight is 404 g/mol. The molecule has 2 atom stereocenters. The van der Waals surface area contributed by atoms with Gasteiger partial charge in [0.05, 0.1) is 11.2 Å². The van der Waals surface area contributed by atoms with Crippen molar-refractivity contribution >= 4 is 24.4 Å². The Morgan fingerprint density at radius 2 is 2.00 bits per heavy atom. The second-order valence-electron chi connectivity index (χ2n) is 7.83. The van der Waals surface area contributed by atoms with Gasteiger partial charge in [0.25, 0.3) is 0 Å². The van der Waals surface area contributed by atoms with Crippen molar-refractivity contribution in [2.24, 2.45) is 0 Å². The molecule has 1 aromatic heterocycles. The Bertz CT molecular complexity index is 932. The zero-order chi connectivity index (χ0) is 19.9. The molecule has 0 spiro atoms. The Labute approximate surface area is 166 Å². The number of aromatic amines is 1. The van der Waals surface area contributed by atoms with Gasteiger partial charge >= 0.3 is 7.60 Å². The van der Waals surface area contributed by atoms with Crippen LogP contribution in [0.5, 0.6) is 0 Å². The van der Waals surface area contributed by atoms with Crippen LogP contribution in [0.1, 0.15) is 50.3 Å². The minimum Gasteiger partial charge on any atom is -0.356 e. The predicted octanol–water partition coefficient (Wildman–Crippen LogP) is 4.59. The fourth-order valence-corrected chi connectivity index (χ4v) is 7.26. The van der Waals surface area contributed by atoms with Crippen LogP contribution in [-0.2, 0) is 30.4 Å². The predicted molar refractivity (Wildman–Crippen MR) is 110 cm³/mol. The number of carbonyl (C=O) groups excluding carboxylic acids is 1. The van der Waals surface area contributed by atoms with E-state index in [1.165, 1.54) is 25.2 Å². The topological polar surface area (TPSA) is 71.6 Å². The fourth-order valence-electron chi connectivity index (χ4n) is 5.30. The van der Waals surface area contributed by atoms with Crippen LogP contribution in [0, 0.1) is 0 Å². The van der Waals surface area contributed by atoms with Crippen LogP contribution in [0.4, 0.5) is 0 Å². The maximum atomic E-state index is 13.6. The molecule has 2 aliphatic rings. The zero-order valence-corrected chi connectivity index (χ0v) is 17.8. The zero-order valence-electron chi connectivity index (χ0n) is 16.9. The number of amides is 1. The summed E-state index contributed by atoms with van der Waals surface area (Å²) in [4.78, 5) is 18.6. The van der Waals surface area contributed by atoms with Crippen molar-refractivity contribution in [2.75, 3.05) is 20.8 Å². The first-order valence-corrected chi connectivity index (χ1v) is 11.7. The number of fused-ring (bicyclic) bond motifs is 5. The molecule has 0 radical (unpaired) electrons. The van der Waals surface area contributed by atoms with Crippen LogP contribution in [0.15, 0.2) is 24.3 Å². The molecule has 1 N–H and O–H groups in total. The summed E-state index contributed by atoms with van der Waals surface area (Å²) in [5.41, 5.74) is 2.15. The molecule has 152 valence electrons. The van der Waals surface area contributed by atoms with Crippen LogP contribution >= 0.6 is 7.60 Å². The van der Waals surface area contributed by atoms with E-state index in [1.807, 2.05) is 17.0 Å². The fraction of sp³-hybridized carbons (Fsp3) is 0.571. The molecule has 1 unspecified atom stereocenters. The van der Waals surface area contributed by atoms with E-state index in [0.717, 1.165) is 43.3 Å². The van der Waals surface area contributed by atoms with Gasteiger partial charge in [-0.2, -0.15) is 0 Å². The summed E-state index contributed by atoms with van der Waals surface area (Å²) in [6.07, 6.45) is 4.86. The second-order valence-corrected chi connectivity index (χ2v) is 10.3. The summed E-state index contributed by atoms with van der Waals surface area (Å²) in [7, 11) is -0.605. The second kappa shape index (κ2) is 7.33. The third-order valence-corrected chi connectivity index (χ3v) is 8.98. The maximum Gasteiger partial charge on any atom is 0.336 e. The first-order valence-electron chi connectivity index (χ1n) is 10.1. The van der Waals surface area contributed by atoms with Crippen LogP contribution in [0.2, 0.25) is 0 Å². The molecule has 7 heteroatoms. The molecule has 1 amide bonds. The van der Waals surface area contributed by atoms with E-state index in [2.05, 4.69) is 24.0 Å². The number of benzene rings is 1. The Morgan fingerprint density at radius 3 is 2.71 bits per heavy atom. The van der Waals surface area contributed by atoms with Gasteiger partial charge in [0.2, 0.25) is 5.91 Å². The van der Waals surface area contributed by atoms with Crippen molar-refractivity contribution in [1.82, 2.24) is 9.88 Å². The standard InChI is InChI=1S/C21H29N2O4P/c1-4-5-8-12-21-18(28(25,26-2)27-3)14-19(24)23(21)13-11-16-15-9-6-7-10-17(15)22-20(16)21/h6-7,9-10,18,22H,4-5,8,11-14H2,1-3H3/t18-,21?/m1/s1. The summed E-state index contributed by atoms with van der Waals surface area (Å²) in [5, 5.41) is 1.19. The molecule has 28 heavy (non-hydrogen) atoms. The van der Waals surface area contributed by atoms with Crippen LogP contribution in [0.3, 0.4) is 0 Å². The van der Waals surface area contributed by atoms with Crippen molar-refractivity contribution in [2.45, 2.75) is 56.6 Å². The highest BCUT2D eigenvalue weighted by Crippen LogP contribution is 2.65. The lowest BCUT2D eigenvalue weighted by molar-refractivity contribution is -0.132. The van der Waals surface area contributed by atoms with E-state index in [1.54, 1.807) is 0 Å². The quantitative estimate of drug-likeness (QED) is 0.541. The minimum absolute atomic E-state index is 0.0418. The van der Waals surface area contributed by atoms with Crippen molar-refractivity contribution < 1.29 is 18.4 Å². The molecule has 0 aliphatic carbocycles. The van der Waals surface area contributed by atoms with Gasteiger partial charge in [0.15, 0.2) is 0 Å². The van der Waals surface area contributed by atoms with Crippen molar-refractivity contribution in [3.63, 3.8) is 0 Å². The molecule has 1 aromatic carbocycles. The Morgan fingerprint density at radius 1 is 1.25 bits per heavy atom. The highest BCUT2D eigenvalue weighted by atomic mass is 31.2. The van der Waals surface area contributed by atoms with E-state index in [9.17, 15) is 9.36 Å². The smallest absolute Gasteiger partial charge is 0.336 e. The number of rotatable bonds is 7. The molecule has 0 saturated carbocycles. The molecule has 1 saturated heterocycles. The van der Waals surface area contributed by atoms with Gasteiger partial charge in [0.1, 0.15) is 0 Å². The van der Waals surface area contributed by atoms with Crippen LogP contribution in [0.25, 0.3) is 10.9 Å². The van der Waals surface area contributed by atoms with Gasteiger partial charge in [-0.1, -0.05) is 44.4 Å². The number of carbonyl (C=O) groups is 1. The van der Waals surface area contributed by atoms with Gasteiger partial charge < -0.3 is 18.9 Å². The van der Waals surface area contributed by atoms with Gasteiger partial charge in [-0.3, -0.25) is 9.36 Å². The lowest BCUT2D eigenvalue weighted by Gasteiger charge is -2.46. The van der Waals surface area contributed by atoms with Gasteiger partial charge in [-0.25, -0.2) is 0 Å². The van der Waals surface area contributed by atoms with E-state index >= 15 is 0 Å². The lowest BCUT2D eigenvalue weighted by atomic mass is 9.80. The first-order chi connectivity index (χ1) is 13.5. The number of hydrogen-bond acceptors (Lipinski definition) is 4. The van der Waals surface area contributed by atoms with E-state index < -0.39 is 18.8 Å². The molecule has 0 bridgehead atoms. The summed E-state index contributed by atoms with van der Waals surface area (Å²) in [6.45, 7) is 2.81. The Kier molecular flexibility index (Phi) is 5.15. The molecule has 2 aliphatic heterocycles. The number of H-pyrrole nitrogens is 1. The molecule has 2 aromatic rings. The van der Waals surface area contributed by atoms with E-state index in [0.29, 0.717) is 6.54 Å². The van der Waals surface area contributed by atoms with Crippen molar-refractivity contribution in [1.29, 1.82) is 0 Å². The summed E-state index contributed by atoms with van der Waals surface area (Å²) >= 11 is 0. The molecule has 6 nitrogen and oxygen atoms in total. The maximum absolute atomic E-state index is 13.6. The number of hydrogen-bond donors (Lipinski definition) is 1. The third kappa shape index (κ3) is 2.69. The molecule has 3 heterocycles. The third-order valence-electron chi connectivity index (χ3n) is 6.59. The first kappa shape index (κ1) is 19.7. The SMILES string of the molecule is CCCCCC12c3[nH]c4ccccc4c3CCN1C(=O)C[C@H]2P(=O)(OC)OC. The summed E-state index contributed by atoms with van der Waals surface area (Å²) < 4.78 is 24.4. The van der Waals surface area contributed by atoms with E-state index in [-0.39, 0.29) is 12.3 Å². The van der Waals surface area contributed by atoms with Crippen molar-refractivity contribution in [3.8, 4) is 0 Å². The number of para-hydroxylation sites is 1. The average Bonchev–Trinajstić information content (AvgIpc) is 3.24. The number of unbranched alkanes of at least 4 members (excludes halogenated alkanes) is 2. The minimum atomic E-state index is -3.45. The Balaban J connectivity index is 1.95. The number of nitrogens with one attached hydrogen (secondary N) is 1. The van der Waals surface area contributed by atoms with Gasteiger partial charge in [-0.15, -0.1) is 0 Å². The monoisotopic (exact) mass is 404 g/mol. The largest absolute Gasteiger partial charge is 0.356 e. The van der Waals surface area contributed by atoms with Gasteiger partial charge in [0, 0.05) is 43.8 Å². The van der Waals surface area contributed by atoms with Gasteiger partial charge in [-0.05, 0) is 24.5 Å². The molecule has 4 rings (SSSR count). The van der Waals surface area contributed by atoms with Crippen LogP contribution in [-0.4, -0.2) is 42.2 Å². The Hall–Kier alpha value is -1.62. The summed E-state index contributed by atoms with van der Waals surface area (Å²) in [6, 6.07) is 8.24. The van der Waals surface area contributed by atoms with E-state index in [4.69, 9.17) is 9.05 Å². The molecule has 1 fully saturated rings. The highest BCUT2D eigenvalue weighted by Gasteiger charge is 2.63. The number of aromatic nitrogens is 1. The molecular formula is C21H29N2O4P. The lowest BCUT2D eigenvalue weighted by Crippen LogP contribution is -2.52. The van der Waals surface area contributed by atoms with Crippen molar-refractivity contribution in [3.05, 3.63) is 35.5 Å². The number of nitrogens with zero attached hydrogens (tertiary/aromatic N) is 1.